The monoisotopic (exact) mass is 420 g/mol. The third kappa shape index (κ3) is 3.88. The summed E-state index contributed by atoms with van der Waals surface area (Å²) >= 11 is 0. The van der Waals surface area contributed by atoms with E-state index in [2.05, 4.69) is 5.32 Å². The summed E-state index contributed by atoms with van der Waals surface area (Å²) in [6, 6.07) is 22.8. The number of benzene rings is 3. The molecular weight excluding hydrogens is 396 g/mol. The summed E-state index contributed by atoms with van der Waals surface area (Å²) in [4.78, 5) is 13.5. The minimum Gasteiger partial charge on any atom is -0.324 e. The molecule has 5 nitrogen and oxygen atoms in total. The maximum absolute atomic E-state index is 13.4. The number of carbonyl (C=O) groups is 1. The Morgan fingerprint density at radius 2 is 1.57 bits per heavy atom. The number of nitrogens with one attached hydrogen (secondary N) is 1. The van der Waals surface area contributed by atoms with Crippen LogP contribution in [0.5, 0.6) is 0 Å². The van der Waals surface area contributed by atoms with Gasteiger partial charge in [-0.15, -0.1) is 0 Å². The van der Waals surface area contributed by atoms with Crippen LogP contribution in [0.3, 0.4) is 0 Å². The highest BCUT2D eigenvalue weighted by Gasteiger charge is 2.39. The molecule has 154 valence electrons. The third-order valence-electron chi connectivity index (χ3n) is 5.51. The lowest BCUT2D eigenvalue weighted by molar-refractivity contribution is -0.120. The maximum Gasteiger partial charge on any atom is 0.244 e. The predicted molar refractivity (Wildman–Crippen MR) is 118 cm³/mol. The Hall–Kier alpha value is -2.96. The van der Waals surface area contributed by atoms with E-state index in [9.17, 15) is 13.2 Å². The van der Waals surface area contributed by atoms with Crippen LogP contribution in [0.15, 0.2) is 83.8 Å². The molecule has 1 amide bonds. The van der Waals surface area contributed by atoms with Crippen molar-refractivity contribution in [3.8, 4) is 0 Å². The number of carbonyl (C=O) groups excluding carboxylic acids is 1. The minimum atomic E-state index is -3.83. The van der Waals surface area contributed by atoms with E-state index in [0.29, 0.717) is 6.42 Å². The lowest BCUT2D eigenvalue weighted by Crippen LogP contribution is -2.50. The fraction of sp³-hybridized carbons (Fsp3) is 0.208. The lowest BCUT2D eigenvalue weighted by atomic mass is 9.95. The molecule has 3 aromatic rings. The molecule has 4 rings (SSSR count). The minimum absolute atomic E-state index is 0.168. The number of anilines is 1. The summed E-state index contributed by atoms with van der Waals surface area (Å²) in [5, 5.41) is 2.97. The molecule has 1 heterocycles. The van der Waals surface area contributed by atoms with E-state index in [0.717, 1.165) is 28.8 Å². The molecule has 30 heavy (non-hydrogen) atoms. The number of sulfonamides is 1. The molecule has 6 heteroatoms. The van der Waals surface area contributed by atoms with Gasteiger partial charge in [-0.05, 0) is 47.7 Å². The van der Waals surface area contributed by atoms with Gasteiger partial charge in [-0.3, -0.25) is 4.79 Å². The van der Waals surface area contributed by atoms with E-state index in [-0.39, 0.29) is 17.3 Å². The van der Waals surface area contributed by atoms with Crippen molar-refractivity contribution < 1.29 is 13.2 Å². The highest BCUT2D eigenvalue weighted by atomic mass is 32.2. The second kappa shape index (κ2) is 8.42. The summed E-state index contributed by atoms with van der Waals surface area (Å²) in [6.45, 7) is 2.19. The van der Waals surface area contributed by atoms with Gasteiger partial charge in [-0.1, -0.05) is 67.6 Å². The van der Waals surface area contributed by atoms with Crippen molar-refractivity contribution in [2.45, 2.75) is 37.2 Å². The van der Waals surface area contributed by atoms with E-state index in [1.807, 2.05) is 55.5 Å². The molecule has 1 N–H and O–H groups in total. The van der Waals surface area contributed by atoms with Crippen molar-refractivity contribution >= 4 is 21.6 Å². The first-order valence-electron chi connectivity index (χ1n) is 10.0. The van der Waals surface area contributed by atoms with Gasteiger partial charge in [0.05, 0.1) is 4.90 Å². The largest absolute Gasteiger partial charge is 0.324 e. The van der Waals surface area contributed by atoms with Gasteiger partial charge in [-0.2, -0.15) is 4.31 Å². The molecule has 0 saturated carbocycles. The van der Waals surface area contributed by atoms with Crippen LogP contribution in [-0.2, 0) is 34.2 Å². The van der Waals surface area contributed by atoms with E-state index >= 15 is 0 Å². The number of nitrogens with zero attached hydrogens (tertiary/aromatic N) is 1. The van der Waals surface area contributed by atoms with Crippen LogP contribution < -0.4 is 5.32 Å². The van der Waals surface area contributed by atoms with Crippen LogP contribution >= 0.6 is 0 Å². The molecule has 0 saturated heterocycles. The molecule has 0 aromatic heterocycles. The number of hydrogen-bond acceptors (Lipinski definition) is 3. The van der Waals surface area contributed by atoms with Crippen LogP contribution in [0.1, 0.15) is 23.6 Å². The van der Waals surface area contributed by atoms with E-state index in [4.69, 9.17) is 0 Å². The summed E-state index contributed by atoms with van der Waals surface area (Å²) in [6.07, 6.45) is 1.11. The summed E-state index contributed by atoms with van der Waals surface area (Å²) in [5.41, 5.74) is 3.66. The van der Waals surface area contributed by atoms with Crippen molar-refractivity contribution in [2.75, 3.05) is 5.32 Å². The zero-order chi connectivity index (χ0) is 21.1. The maximum atomic E-state index is 13.4. The molecular formula is C24H24N2O3S. The zero-order valence-corrected chi connectivity index (χ0v) is 17.6. The molecule has 0 radical (unpaired) electrons. The quantitative estimate of drug-likeness (QED) is 0.678. The first-order valence-corrected chi connectivity index (χ1v) is 11.5. The van der Waals surface area contributed by atoms with Gasteiger partial charge in [0.2, 0.25) is 15.9 Å². The fourth-order valence-electron chi connectivity index (χ4n) is 3.87. The Kier molecular flexibility index (Phi) is 5.70. The zero-order valence-electron chi connectivity index (χ0n) is 16.8. The Bertz CT molecular complexity index is 1160. The Morgan fingerprint density at radius 3 is 2.30 bits per heavy atom. The number of rotatable bonds is 5. The van der Waals surface area contributed by atoms with Gasteiger partial charge in [0.1, 0.15) is 6.04 Å². The van der Waals surface area contributed by atoms with Crippen molar-refractivity contribution in [3.05, 3.63) is 95.6 Å². The van der Waals surface area contributed by atoms with Crippen LogP contribution in [0.2, 0.25) is 0 Å². The van der Waals surface area contributed by atoms with Gasteiger partial charge in [0.25, 0.3) is 0 Å². The second-order valence-corrected chi connectivity index (χ2v) is 9.24. The molecule has 1 aliphatic heterocycles. The number of hydrogen-bond donors (Lipinski definition) is 1. The van der Waals surface area contributed by atoms with Crippen LogP contribution in [0.4, 0.5) is 5.69 Å². The average molecular weight is 421 g/mol. The number of para-hydroxylation sites is 1. The van der Waals surface area contributed by atoms with Crippen molar-refractivity contribution in [1.82, 2.24) is 4.31 Å². The molecule has 0 aliphatic carbocycles. The van der Waals surface area contributed by atoms with E-state index < -0.39 is 16.1 Å². The molecule has 0 fully saturated rings. The first-order chi connectivity index (χ1) is 14.5. The van der Waals surface area contributed by atoms with Crippen LogP contribution in [-0.4, -0.2) is 24.7 Å². The number of aryl methyl sites for hydroxylation is 1. The highest BCUT2D eigenvalue weighted by Crippen LogP contribution is 2.30. The Labute approximate surface area is 177 Å². The second-order valence-electron chi connectivity index (χ2n) is 7.35. The first kappa shape index (κ1) is 20.3. The molecule has 0 spiro atoms. The van der Waals surface area contributed by atoms with E-state index in [1.54, 1.807) is 30.3 Å². The van der Waals surface area contributed by atoms with Crippen molar-refractivity contribution in [1.29, 1.82) is 0 Å². The number of fused-ring (bicyclic) bond motifs is 1. The molecule has 3 aromatic carbocycles. The Morgan fingerprint density at radius 1 is 0.933 bits per heavy atom. The van der Waals surface area contributed by atoms with Crippen LogP contribution in [0, 0.1) is 0 Å². The molecule has 0 bridgehead atoms. The van der Waals surface area contributed by atoms with Crippen molar-refractivity contribution in [2.24, 2.45) is 0 Å². The van der Waals surface area contributed by atoms with Gasteiger partial charge >= 0.3 is 0 Å². The summed E-state index contributed by atoms with van der Waals surface area (Å²) in [7, 11) is -3.83. The van der Waals surface area contributed by atoms with E-state index in [1.165, 1.54) is 4.31 Å². The molecule has 1 aliphatic rings. The lowest BCUT2D eigenvalue weighted by Gasteiger charge is -2.35. The molecule has 1 atom stereocenters. The van der Waals surface area contributed by atoms with Crippen molar-refractivity contribution in [3.63, 3.8) is 0 Å². The van der Waals surface area contributed by atoms with Crippen LogP contribution in [0.25, 0.3) is 0 Å². The topological polar surface area (TPSA) is 66.5 Å². The normalized spacial score (nSPS) is 16.6. The van der Waals surface area contributed by atoms with Gasteiger partial charge in [0, 0.05) is 12.2 Å². The average Bonchev–Trinajstić information content (AvgIpc) is 2.79. The third-order valence-corrected chi connectivity index (χ3v) is 7.38. The standard InChI is InChI=1S/C24H24N2O3S/c1-2-18-10-8-9-15-22(18)25-24(27)23-16-19-11-6-7-12-20(19)17-26(23)30(28,29)21-13-4-3-5-14-21/h3-15,23H,2,16-17H2,1H3,(H,25,27). The van der Waals surface area contributed by atoms with Gasteiger partial charge in [-0.25, -0.2) is 8.42 Å². The highest BCUT2D eigenvalue weighted by molar-refractivity contribution is 7.89. The predicted octanol–water partition coefficient (Wildman–Crippen LogP) is 4.00. The Balaban J connectivity index is 1.72. The molecule has 1 unspecified atom stereocenters. The van der Waals surface area contributed by atoms with Gasteiger partial charge in [0.15, 0.2) is 0 Å². The summed E-state index contributed by atoms with van der Waals surface area (Å²) in [5.74, 6) is -0.315. The van der Waals surface area contributed by atoms with Gasteiger partial charge < -0.3 is 5.32 Å². The fourth-order valence-corrected chi connectivity index (χ4v) is 5.46. The summed E-state index contributed by atoms with van der Waals surface area (Å²) < 4.78 is 28.2. The SMILES string of the molecule is CCc1ccccc1NC(=O)C1Cc2ccccc2CN1S(=O)(=O)c1ccccc1. The smallest absolute Gasteiger partial charge is 0.244 e. The number of amides is 1.